The second-order valence-electron chi connectivity index (χ2n) is 3.59. The maximum Gasteiger partial charge on any atom is 0.219 e. The second-order valence-corrected chi connectivity index (χ2v) is 3.59. The predicted octanol–water partition coefficient (Wildman–Crippen LogP) is 0.00200. The van der Waals surface area contributed by atoms with E-state index >= 15 is 0 Å². The Bertz CT molecular complexity index is 381. The molecule has 0 atom stereocenters. The molecule has 0 unspecified atom stereocenters. The molecule has 7 heteroatoms. The van der Waals surface area contributed by atoms with E-state index in [4.69, 9.17) is 11.6 Å². The summed E-state index contributed by atoms with van der Waals surface area (Å²) in [5.41, 5.74) is 8.52. The lowest BCUT2D eigenvalue weighted by molar-refractivity contribution is -0.117. The third-order valence-electron chi connectivity index (χ3n) is 2.25. The molecule has 1 amide bonds. The number of carbonyl (C=O) groups is 1. The Kier molecular flexibility index (Phi) is 5.15. The molecular formula is C10H18N6O. The number of hydrazine groups is 1. The molecule has 0 saturated carbocycles. The highest BCUT2D eigenvalue weighted by molar-refractivity contribution is 5.74. The molecule has 0 aromatic carbocycles. The van der Waals surface area contributed by atoms with Crippen molar-refractivity contribution in [2.75, 3.05) is 17.3 Å². The minimum atomic E-state index is -0.347. The van der Waals surface area contributed by atoms with Gasteiger partial charge < -0.3 is 16.5 Å². The molecule has 0 aliphatic heterocycles. The van der Waals surface area contributed by atoms with Gasteiger partial charge in [0.15, 0.2) is 0 Å². The lowest BCUT2D eigenvalue weighted by Crippen LogP contribution is -2.18. The van der Waals surface area contributed by atoms with Crippen molar-refractivity contribution in [1.82, 2.24) is 9.97 Å². The van der Waals surface area contributed by atoms with Gasteiger partial charge in [0.1, 0.15) is 18.0 Å². The summed E-state index contributed by atoms with van der Waals surface area (Å²) in [6, 6.07) is 0. The van der Waals surface area contributed by atoms with E-state index in [1.165, 1.54) is 6.33 Å². The van der Waals surface area contributed by atoms with Crippen molar-refractivity contribution in [3.8, 4) is 0 Å². The Hall–Kier alpha value is -1.89. The first-order valence-corrected chi connectivity index (χ1v) is 5.51. The summed E-state index contributed by atoms with van der Waals surface area (Å²) < 4.78 is 0. The molecule has 0 radical (unpaired) electrons. The van der Waals surface area contributed by atoms with E-state index in [0.29, 0.717) is 18.2 Å². The van der Waals surface area contributed by atoms with Gasteiger partial charge in [-0.1, -0.05) is 13.3 Å². The van der Waals surface area contributed by atoms with E-state index in [0.717, 1.165) is 18.4 Å². The van der Waals surface area contributed by atoms with E-state index in [9.17, 15) is 4.79 Å². The first kappa shape index (κ1) is 13.2. The van der Waals surface area contributed by atoms with Crippen molar-refractivity contribution >= 4 is 17.5 Å². The Morgan fingerprint density at radius 1 is 1.41 bits per heavy atom. The van der Waals surface area contributed by atoms with Gasteiger partial charge in [0.2, 0.25) is 5.91 Å². The largest absolute Gasteiger partial charge is 0.370 e. The van der Waals surface area contributed by atoms with Crippen LogP contribution in [-0.4, -0.2) is 22.4 Å². The highest BCUT2D eigenvalue weighted by atomic mass is 16.1. The maximum absolute atomic E-state index is 10.6. The van der Waals surface area contributed by atoms with Crippen LogP contribution in [0.25, 0.3) is 0 Å². The van der Waals surface area contributed by atoms with Crippen LogP contribution in [0.1, 0.15) is 25.3 Å². The summed E-state index contributed by atoms with van der Waals surface area (Å²) in [4.78, 5) is 18.8. The number of rotatable bonds is 7. The van der Waals surface area contributed by atoms with Crippen LogP contribution in [-0.2, 0) is 11.2 Å². The number of carbonyl (C=O) groups excluding carboxylic acids is 1. The molecule has 6 N–H and O–H groups in total. The van der Waals surface area contributed by atoms with E-state index in [1.54, 1.807) is 0 Å². The molecule has 94 valence electrons. The lowest BCUT2D eigenvalue weighted by atomic mass is 10.1. The van der Waals surface area contributed by atoms with Crippen LogP contribution in [0.2, 0.25) is 0 Å². The number of nitrogen functional groups attached to an aromatic ring is 1. The van der Waals surface area contributed by atoms with Gasteiger partial charge in [-0.25, -0.2) is 15.8 Å². The summed E-state index contributed by atoms with van der Waals surface area (Å²) in [6.07, 6.45) is 3.44. The number of nitrogens with one attached hydrogen (secondary N) is 2. The van der Waals surface area contributed by atoms with Gasteiger partial charge in [0.05, 0.1) is 0 Å². The SMILES string of the molecule is CCCc1c(NN)ncnc1NCCC(N)=O. The molecule has 17 heavy (non-hydrogen) atoms. The summed E-state index contributed by atoms with van der Waals surface area (Å²) >= 11 is 0. The van der Waals surface area contributed by atoms with Gasteiger partial charge in [-0.15, -0.1) is 0 Å². The summed E-state index contributed by atoms with van der Waals surface area (Å²) in [6.45, 7) is 2.51. The normalized spacial score (nSPS) is 10.0. The van der Waals surface area contributed by atoms with Gasteiger partial charge in [-0.05, 0) is 6.42 Å². The highest BCUT2D eigenvalue weighted by Crippen LogP contribution is 2.20. The van der Waals surface area contributed by atoms with Gasteiger partial charge >= 0.3 is 0 Å². The number of hydrogen-bond donors (Lipinski definition) is 4. The van der Waals surface area contributed by atoms with Crippen LogP contribution >= 0.6 is 0 Å². The number of primary amides is 1. The summed E-state index contributed by atoms with van der Waals surface area (Å²) in [5.74, 6) is 6.33. The fourth-order valence-corrected chi connectivity index (χ4v) is 1.48. The smallest absolute Gasteiger partial charge is 0.219 e. The number of nitrogens with two attached hydrogens (primary N) is 2. The maximum atomic E-state index is 10.6. The summed E-state index contributed by atoms with van der Waals surface area (Å²) in [7, 11) is 0. The third kappa shape index (κ3) is 3.87. The molecule has 0 spiro atoms. The molecule has 0 saturated heterocycles. The monoisotopic (exact) mass is 238 g/mol. The molecule has 1 heterocycles. The van der Waals surface area contributed by atoms with Gasteiger partial charge in [0.25, 0.3) is 0 Å². The number of hydrogen-bond acceptors (Lipinski definition) is 6. The molecule has 1 aromatic rings. The Morgan fingerprint density at radius 3 is 2.71 bits per heavy atom. The Labute approximate surface area is 100.0 Å². The number of amides is 1. The van der Waals surface area contributed by atoms with Crippen molar-refractivity contribution in [1.29, 1.82) is 0 Å². The standard InChI is InChI=1S/C10H18N6O/c1-2-3-7-9(13-5-4-8(11)17)14-6-15-10(7)16-12/h6H,2-5,12H2,1H3,(H2,11,17)(H2,13,14,15,16). The highest BCUT2D eigenvalue weighted by Gasteiger charge is 2.09. The number of anilines is 2. The Balaban J connectivity index is 2.78. The van der Waals surface area contributed by atoms with Crippen LogP contribution in [0.3, 0.4) is 0 Å². The minimum Gasteiger partial charge on any atom is -0.370 e. The van der Waals surface area contributed by atoms with E-state index in [1.807, 2.05) is 0 Å². The van der Waals surface area contributed by atoms with Crippen LogP contribution in [0.15, 0.2) is 6.33 Å². The molecule has 1 rings (SSSR count). The minimum absolute atomic E-state index is 0.265. The lowest BCUT2D eigenvalue weighted by Gasteiger charge is -2.12. The zero-order chi connectivity index (χ0) is 12.7. The average molecular weight is 238 g/mol. The topological polar surface area (TPSA) is 119 Å². The van der Waals surface area contributed by atoms with Gasteiger partial charge in [-0.3, -0.25) is 4.79 Å². The third-order valence-corrected chi connectivity index (χ3v) is 2.25. The van der Waals surface area contributed by atoms with Crippen molar-refractivity contribution in [3.05, 3.63) is 11.9 Å². The Morgan fingerprint density at radius 2 is 2.12 bits per heavy atom. The first-order valence-electron chi connectivity index (χ1n) is 5.51. The molecule has 7 nitrogen and oxygen atoms in total. The van der Waals surface area contributed by atoms with Crippen LogP contribution in [0.5, 0.6) is 0 Å². The van der Waals surface area contributed by atoms with Gasteiger partial charge in [-0.2, -0.15) is 0 Å². The van der Waals surface area contributed by atoms with Crippen molar-refractivity contribution < 1.29 is 4.79 Å². The summed E-state index contributed by atoms with van der Waals surface area (Å²) in [5, 5.41) is 3.06. The van der Waals surface area contributed by atoms with Crippen molar-refractivity contribution in [2.24, 2.45) is 11.6 Å². The molecule has 1 aromatic heterocycles. The second kappa shape index (κ2) is 6.64. The van der Waals surface area contributed by atoms with Gasteiger partial charge in [0, 0.05) is 18.5 Å². The van der Waals surface area contributed by atoms with Crippen LogP contribution < -0.4 is 22.3 Å². The van der Waals surface area contributed by atoms with Crippen LogP contribution in [0.4, 0.5) is 11.6 Å². The zero-order valence-corrected chi connectivity index (χ0v) is 9.86. The molecular weight excluding hydrogens is 220 g/mol. The quantitative estimate of drug-likeness (QED) is 0.392. The molecule has 0 aliphatic rings. The van der Waals surface area contributed by atoms with Crippen molar-refractivity contribution in [3.63, 3.8) is 0 Å². The van der Waals surface area contributed by atoms with E-state index < -0.39 is 0 Å². The number of aromatic nitrogens is 2. The number of nitrogens with zero attached hydrogens (tertiary/aromatic N) is 2. The molecule has 0 bridgehead atoms. The fourth-order valence-electron chi connectivity index (χ4n) is 1.48. The van der Waals surface area contributed by atoms with Crippen LogP contribution in [0, 0.1) is 0 Å². The fraction of sp³-hybridized carbons (Fsp3) is 0.500. The van der Waals surface area contributed by atoms with E-state index in [-0.39, 0.29) is 12.3 Å². The predicted molar refractivity (Wildman–Crippen MR) is 66.1 cm³/mol. The molecule has 0 fully saturated rings. The molecule has 0 aliphatic carbocycles. The first-order chi connectivity index (χ1) is 8.19. The van der Waals surface area contributed by atoms with E-state index in [2.05, 4.69) is 27.6 Å². The van der Waals surface area contributed by atoms with Crippen molar-refractivity contribution in [2.45, 2.75) is 26.2 Å². The average Bonchev–Trinajstić information content (AvgIpc) is 2.30. The zero-order valence-electron chi connectivity index (χ0n) is 9.86.